The van der Waals surface area contributed by atoms with Crippen molar-refractivity contribution in [2.45, 2.75) is 31.6 Å². The van der Waals surface area contributed by atoms with Crippen LogP contribution in [0.5, 0.6) is 0 Å². The second-order valence-electron chi connectivity index (χ2n) is 8.89. The molecular weight excluding hydrogens is 410 g/mol. The molecule has 3 aliphatic rings. The van der Waals surface area contributed by atoms with Crippen molar-refractivity contribution in [1.29, 1.82) is 0 Å². The van der Waals surface area contributed by atoms with E-state index < -0.39 is 6.29 Å². The van der Waals surface area contributed by atoms with E-state index in [2.05, 4.69) is 41.7 Å². The summed E-state index contributed by atoms with van der Waals surface area (Å²) >= 11 is 0. The van der Waals surface area contributed by atoms with Crippen molar-refractivity contribution < 1.29 is 14.3 Å². The van der Waals surface area contributed by atoms with E-state index in [0.717, 1.165) is 40.1 Å². The van der Waals surface area contributed by atoms with Crippen LogP contribution in [0.15, 0.2) is 97.0 Å². The van der Waals surface area contributed by atoms with Crippen LogP contribution >= 0.6 is 0 Å². The number of allylic oxidation sites excluding steroid dienone is 2. The molecule has 3 aromatic rings. The molecule has 0 bridgehead atoms. The summed E-state index contributed by atoms with van der Waals surface area (Å²) < 4.78 is 12.5. The van der Waals surface area contributed by atoms with Crippen LogP contribution in [0.3, 0.4) is 0 Å². The lowest BCUT2D eigenvalue weighted by atomic mass is 9.78. The maximum Gasteiger partial charge on any atom is 0.267 e. The molecule has 0 radical (unpaired) electrons. The maximum atomic E-state index is 11.9. The summed E-state index contributed by atoms with van der Waals surface area (Å²) in [5.74, 6) is 1.49. The molecule has 3 aromatic carbocycles. The fourth-order valence-corrected chi connectivity index (χ4v) is 5.27. The number of hydrogen-bond acceptors (Lipinski definition) is 4. The number of benzene rings is 3. The zero-order valence-electron chi connectivity index (χ0n) is 18.4. The standard InChI is InChI=1S/C29H25NO3/c1-18(31)20-14-15-26-25(16-20)22-12-7-13-23(22)28(30-26)27-17-32-29(33-27)24-11-6-5-10-21(24)19-8-3-2-4-9-19/h2-12,14-17,22-23,28-30H,13H2,1H3. The Bertz CT molecular complexity index is 1280. The summed E-state index contributed by atoms with van der Waals surface area (Å²) in [6, 6.07) is 24.5. The largest absolute Gasteiger partial charge is 0.455 e. The Morgan fingerprint density at radius 2 is 1.79 bits per heavy atom. The fourth-order valence-electron chi connectivity index (χ4n) is 5.27. The molecule has 2 heterocycles. The monoisotopic (exact) mass is 435 g/mol. The number of hydrogen-bond donors (Lipinski definition) is 1. The highest BCUT2D eigenvalue weighted by molar-refractivity contribution is 5.95. The first-order valence-electron chi connectivity index (χ1n) is 11.4. The van der Waals surface area contributed by atoms with Gasteiger partial charge in [0, 0.05) is 28.7 Å². The molecular formula is C29H25NO3. The number of carbonyl (C=O) groups excluding carboxylic acids is 1. The number of anilines is 1. The van der Waals surface area contributed by atoms with Gasteiger partial charge in [-0.25, -0.2) is 0 Å². The molecule has 4 nitrogen and oxygen atoms in total. The topological polar surface area (TPSA) is 47.6 Å². The van der Waals surface area contributed by atoms with Crippen LogP contribution in [0.2, 0.25) is 0 Å². The number of Topliss-reactive ketones (excluding diaryl/α,β-unsaturated/α-hetero) is 1. The number of rotatable bonds is 4. The first-order valence-corrected chi connectivity index (χ1v) is 11.4. The lowest BCUT2D eigenvalue weighted by molar-refractivity contribution is -0.0376. The van der Waals surface area contributed by atoms with Gasteiger partial charge < -0.3 is 14.8 Å². The molecule has 0 fully saturated rings. The van der Waals surface area contributed by atoms with Crippen molar-refractivity contribution in [1.82, 2.24) is 0 Å². The Balaban J connectivity index is 1.28. The third-order valence-corrected chi connectivity index (χ3v) is 6.93. The van der Waals surface area contributed by atoms with E-state index >= 15 is 0 Å². The van der Waals surface area contributed by atoms with Gasteiger partial charge in [-0.3, -0.25) is 4.79 Å². The molecule has 4 atom stereocenters. The summed E-state index contributed by atoms with van der Waals surface area (Å²) in [4.78, 5) is 11.9. The summed E-state index contributed by atoms with van der Waals surface area (Å²) in [6.45, 7) is 1.62. The minimum absolute atomic E-state index is 0.00886. The Morgan fingerprint density at radius 1 is 0.970 bits per heavy atom. The van der Waals surface area contributed by atoms with Crippen molar-refractivity contribution >= 4 is 11.5 Å². The summed E-state index contributed by atoms with van der Waals surface area (Å²) in [6.07, 6.45) is 6.75. The average Bonchev–Trinajstić information content (AvgIpc) is 3.54. The summed E-state index contributed by atoms with van der Waals surface area (Å²) in [5, 5.41) is 3.67. The van der Waals surface area contributed by atoms with Crippen LogP contribution in [-0.2, 0) is 9.47 Å². The molecule has 0 spiro atoms. The molecule has 0 amide bonds. The number of nitrogens with one attached hydrogen (secondary N) is 1. The molecule has 0 saturated carbocycles. The van der Waals surface area contributed by atoms with E-state index in [-0.39, 0.29) is 17.7 Å². The highest BCUT2D eigenvalue weighted by Crippen LogP contribution is 2.48. The van der Waals surface area contributed by atoms with Gasteiger partial charge >= 0.3 is 0 Å². The number of ketones is 1. The lowest BCUT2D eigenvalue weighted by Crippen LogP contribution is -2.37. The van der Waals surface area contributed by atoms with Gasteiger partial charge in [0.1, 0.15) is 6.26 Å². The van der Waals surface area contributed by atoms with Crippen LogP contribution in [0.4, 0.5) is 5.69 Å². The van der Waals surface area contributed by atoms with Gasteiger partial charge in [-0.2, -0.15) is 0 Å². The molecule has 4 unspecified atom stereocenters. The molecule has 164 valence electrons. The molecule has 1 aliphatic carbocycles. The van der Waals surface area contributed by atoms with Gasteiger partial charge in [-0.05, 0) is 48.2 Å². The van der Waals surface area contributed by atoms with Crippen molar-refractivity contribution in [2.24, 2.45) is 5.92 Å². The van der Waals surface area contributed by atoms with Gasteiger partial charge in [0.15, 0.2) is 11.5 Å². The minimum atomic E-state index is -0.479. The van der Waals surface area contributed by atoms with E-state index in [4.69, 9.17) is 9.47 Å². The van der Waals surface area contributed by atoms with Crippen molar-refractivity contribution in [2.75, 3.05) is 5.32 Å². The van der Waals surface area contributed by atoms with E-state index in [0.29, 0.717) is 5.92 Å². The van der Waals surface area contributed by atoms with Gasteiger partial charge in [-0.15, -0.1) is 0 Å². The highest BCUT2D eigenvalue weighted by atomic mass is 16.7. The van der Waals surface area contributed by atoms with Crippen LogP contribution in [0.25, 0.3) is 11.1 Å². The molecule has 2 aliphatic heterocycles. The van der Waals surface area contributed by atoms with Gasteiger partial charge in [0.05, 0.1) is 6.04 Å². The third kappa shape index (κ3) is 3.43. The van der Waals surface area contributed by atoms with Gasteiger partial charge in [0.2, 0.25) is 0 Å². The van der Waals surface area contributed by atoms with E-state index in [1.165, 1.54) is 5.56 Å². The zero-order valence-corrected chi connectivity index (χ0v) is 18.4. The van der Waals surface area contributed by atoms with E-state index in [1.54, 1.807) is 13.2 Å². The molecule has 1 N–H and O–H groups in total. The summed E-state index contributed by atoms with van der Waals surface area (Å²) in [5.41, 5.74) is 6.25. The van der Waals surface area contributed by atoms with E-state index in [1.807, 2.05) is 48.5 Å². The quantitative estimate of drug-likeness (QED) is 0.371. The Hall–Kier alpha value is -3.79. The number of ether oxygens (including phenoxy) is 2. The summed E-state index contributed by atoms with van der Waals surface area (Å²) in [7, 11) is 0. The van der Waals surface area contributed by atoms with Crippen LogP contribution in [-0.4, -0.2) is 11.8 Å². The molecule has 4 heteroatoms. The molecule has 6 rings (SSSR count). The second-order valence-corrected chi connectivity index (χ2v) is 8.89. The van der Waals surface area contributed by atoms with Crippen LogP contribution in [0.1, 0.15) is 47.0 Å². The predicted octanol–water partition coefficient (Wildman–Crippen LogP) is 6.60. The Kier molecular flexibility index (Phi) is 4.79. The predicted molar refractivity (Wildman–Crippen MR) is 129 cm³/mol. The smallest absolute Gasteiger partial charge is 0.267 e. The molecule has 0 saturated heterocycles. The van der Waals surface area contributed by atoms with Gasteiger partial charge in [-0.1, -0.05) is 66.7 Å². The first kappa shape index (κ1) is 19.9. The SMILES string of the molecule is CC(=O)c1ccc2c(c1)C1C=CCC1C(C1=COC(c3ccccc3-c3ccccc3)O1)N2. The highest BCUT2D eigenvalue weighted by Gasteiger charge is 2.42. The maximum absolute atomic E-state index is 11.9. The average molecular weight is 436 g/mol. The van der Waals surface area contributed by atoms with Crippen molar-refractivity contribution in [3.63, 3.8) is 0 Å². The zero-order chi connectivity index (χ0) is 22.4. The van der Waals surface area contributed by atoms with Crippen molar-refractivity contribution in [3.8, 4) is 11.1 Å². The number of fused-ring (bicyclic) bond motifs is 3. The van der Waals surface area contributed by atoms with Crippen molar-refractivity contribution in [3.05, 3.63) is 114 Å². The Labute approximate surface area is 193 Å². The molecule has 33 heavy (non-hydrogen) atoms. The first-order chi connectivity index (χ1) is 16.2. The minimum Gasteiger partial charge on any atom is -0.455 e. The normalized spacial score (nSPS) is 24.7. The molecule has 0 aromatic heterocycles. The number of carbonyl (C=O) groups is 1. The second kappa shape index (κ2) is 7.96. The third-order valence-electron chi connectivity index (χ3n) is 6.93. The van der Waals surface area contributed by atoms with E-state index in [9.17, 15) is 4.79 Å². The lowest BCUT2D eigenvalue weighted by Gasteiger charge is -2.37. The Morgan fingerprint density at radius 3 is 2.64 bits per heavy atom. The fraction of sp³-hybridized carbons (Fsp3) is 0.207. The van der Waals surface area contributed by atoms with Crippen LogP contribution in [0, 0.1) is 5.92 Å². The van der Waals surface area contributed by atoms with Crippen LogP contribution < -0.4 is 5.32 Å². The van der Waals surface area contributed by atoms with Gasteiger partial charge in [0.25, 0.3) is 6.29 Å².